The van der Waals surface area contributed by atoms with Gasteiger partial charge in [0.15, 0.2) is 0 Å². The third kappa shape index (κ3) is 1.87. The molecule has 80 valence electrons. The molecule has 0 unspecified atom stereocenters. The van der Waals surface area contributed by atoms with Crippen LogP contribution in [0, 0.1) is 12.7 Å². The van der Waals surface area contributed by atoms with Crippen LogP contribution in [0.3, 0.4) is 0 Å². The lowest BCUT2D eigenvalue weighted by molar-refractivity contribution is 0.112. The Morgan fingerprint density at radius 3 is 2.38 bits per heavy atom. The first-order valence-corrected chi connectivity index (χ1v) is 5.03. The van der Waals surface area contributed by atoms with Gasteiger partial charge < -0.3 is 0 Å². The van der Waals surface area contributed by atoms with Gasteiger partial charge in [-0.25, -0.2) is 4.39 Å². The fourth-order valence-electron chi connectivity index (χ4n) is 1.72. The SMILES string of the molecule is Cc1c(C=O)cccc1-c1ccc(F)cc1. The fourth-order valence-corrected chi connectivity index (χ4v) is 1.72. The van der Waals surface area contributed by atoms with Crippen LogP contribution in [0.4, 0.5) is 4.39 Å². The summed E-state index contributed by atoms with van der Waals surface area (Å²) in [6, 6.07) is 11.8. The molecule has 0 aliphatic rings. The summed E-state index contributed by atoms with van der Waals surface area (Å²) in [6.07, 6.45) is 0.836. The lowest BCUT2D eigenvalue weighted by Gasteiger charge is -2.07. The summed E-state index contributed by atoms with van der Waals surface area (Å²) in [7, 11) is 0. The van der Waals surface area contributed by atoms with Crippen molar-refractivity contribution in [1.82, 2.24) is 0 Å². The molecule has 0 saturated carbocycles. The van der Waals surface area contributed by atoms with Crippen molar-refractivity contribution >= 4 is 6.29 Å². The highest BCUT2D eigenvalue weighted by molar-refractivity contribution is 5.82. The van der Waals surface area contributed by atoms with E-state index in [-0.39, 0.29) is 5.82 Å². The van der Waals surface area contributed by atoms with Gasteiger partial charge >= 0.3 is 0 Å². The lowest BCUT2D eigenvalue weighted by Crippen LogP contribution is -1.90. The normalized spacial score (nSPS) is 10.1. The van der Waals surface area contributed by atoms with E-state index >= 15 is 0 Å². The van der Waals surface area contributed by atoms with Gasteiger partial charge in [-0.05, 0) is 35.7 Å². The summed E-state index contributed by atoms with van der Waals surface area (Å²) in [5.41, 5.74) is 3.47. The number of aldehydes is 1. The number of hydrogen-bond acceptors (Lipinski definition) is 1. The quantitative estimate of drug-likeness (QED) is 0.698. The molecule has 1 nitrogen and oxygen atoms in total. The molecular weight excluding hydrogens is 203 g/mol. The molecule has 0 saturated heterocycles. The molecule has 0 amide bonds. The topological polar surface area (TPSA) is 17.1 Å². The summed E-state index contributed by atoms with van der Waals surface area (Å²) < 4.78 is 12.8. The Kier molecular flexibility index (Phi) is 2.82. The minimum Gasteiger partial charge on any atom is -0.298 e. The van der Waals surface area contributed by atoms with Gasteiger partial charge in [0.05, 0.1) is 0 Å². The highest BCUT2D eigenvalue weighted by Gasteiger charge is 2.05. The highest BCUT2D eigenvalue weighted by atomic mass is 19.1. The Balaban J connectivity index is 2.56. The van der Waals surface area contributed by atoms with Crippen molar-refractivity contribution in [2.45, 2.75) is 6.92 Å². The Morgan fingerprint density at radius 1 is 1.06 bits per heavy atom. The van der Waals surface area contributed by atoms with E-state index in [1.165, 1.54) is 12.1 Å². The van der Waals surface area contributed by atoms with Crippen molar-refractivity contribution in [3.63, 3.8) is 0 Å². The Morgan fingerprint density at radius 2 is 1.75 bits per heavy atom. The molecule has 0 fully saturated rings. The zero-order valence-electron chi connectivity index (χ0n) is 8.91. The van der Waals surface area contributed by atoms with Crippen LogP contribution in [0.5, 0.6) is 0 Å². The third-order valence-electron chi connectivity index (χ3n) is 2.66. The number of rotatable bonds is 2. The van der Waals surface area contributed by atoms with Crippen LogP contribution < -0.4 is 0 Å². The largest absolute Gasteiger partial charge is 0.298 e. The van der Waals surface area contributed by atoms with Gasteiger partial charge in [-0.3, -0.25) is 4.79 Å². The first-order chi connectivity index (χ1) is 7.72. The van der Waals surface area contributed by atoms with Crippen LogP contribution >= 0.6 is 0 Å². The van der Waals surface area contributed by atoms with Gasteiger partial charge in [0, 0.05) is 5.56 Å². The van der Waals surface area contributed by atoms with Gasteiger partial charge in [-0.15, -0.1) is 0 Å². The number of carbonyl (C=O) groups excluding carboxylic acids is 1. The van der Waals surface area contributed by atoms with E-state index in [0.29, 0.717) is 5.56 Å². The summed E-state index contributed by atoms with van der Waals surface area (Å²) in [6.45, 7) is 1.89. The van der Waals surface area contributed by atoms with E-state index in [2.05, 4.69) is 0 Å². The number of hydrogen-bond donors (Lipinski definition) is 0. The van der Waals surface area contributed by atoms with Crippen LogP contribution in [0.1, 0.15) is 15.9 Å². The molecular formula is C14H11FO. The summed E-state index contributed by atoms with van der Waals surface area (Å²) >= 11 is 0. The predicted octanol–water partition coefficient (Wildman–Crippen LogP) is 3.61. The van der Waals surface area contributed by atoms with Gasteiger partial charge in [-0.1, -0.05) is 30.3 Å². The Bertz CT molecular complexity index is 515. The second-order valence-electron chi connectivity index (χ2n) is 3.64. The Hall–Kier alpha value is -1.96. The minimum absolute atomic E-state index is 0.257. The van der Waals surface area contributed by atoms with Gasteiger partial charge in [0.1, 0.15) is 12.1 Å². The lowest BCUT2D eigenvalue weighted by atomic mass is 9.97. The standard InChI is InChI=1S/C14H11FO/c1-10-12(9-16)3-2-4-14(10)11-5-7-13(15)8-6-11/h2-9H,1H3. The van der Waals surface area contributed by atoms with Crippen LogP contribution in [0.15, 0.2) is 42.5 Å². The van der Waals surface area contributed by atoms with Gasteiger partial charge in [0.25, 0.3) is 0 Å². The van der Waals surface area contributed by atoms with Crippen molar-refractivity contribution < 1.29 is 9.18 Å². The number of halogens is 1. The molecule has 2 heteroatoms. The molecule has 2 aromatic carbocycles. The number of benzene rings is 2. The molecule has 0 aliphatic carbocycles. The van der Waals surface area contributed by atoms with Crippen LogP contribution in [-0.4, -0.2) is 6.29 Å². The molecule has 2 aromatic rings. The van der Waals surface area contributed by atoms with E-state index in [0.717, 1.165) is 23.0 Å². The maximum Gasteiger partial charge on any atom is 0.150 e. The van der Waals surface area contributed by atoms with E-state index < -0.39 is 0 Å². The average Bonchev–Trinajstić information content (AvgIpc) is 2.31. The zero-order chi connectivity index (χ0) is 11.5. The zero-order valence-corrected chi connectivity index (χ0v) is 8.91. The van der Waals surface area contributed by atoms with Gasteiger partial charge in [-0.2, -0.15) is 0 Å². The second kappa shape index (κ2) is 4.27. The Labute approximate surface area is 93.5 Å². The number of carbonyl (C=O) groups is 1. The van der Waals surface area contributed by atoms with Gasteiger partial charge in [0.2, 0.25) is 0 Å². The fraction of sp³-hybridized carbons (Fsp3) is 0.0714. The highest BCUT2D eigenvalue weighted by Crippen LogP contribution is 2.25. The molecule has 16 heavy (non-hydrogen) atoms. The predicted molar refractivity (Wildman–Crippen MR) is 62.0 cm³/mol. The van der Waals surface area contributed by atoms with Crippen LogP contribution in [0.2, 0.25) is 0 Å². The van der Waals surface area contributed by atoms with Crippen molar-refractivity contribution in [3.8, 4) is 11.1 Å². The van der Waals surface area contributed by atoms with Crippen molar-refractivity contribution in [2.75, 3.05) is 0 Å². The molecule has 0 spiro atoms. The first kappa shape index (κ1) is 10.6. The third-order valence-corrected chi connectivity index (χ3v) is 2.66. The molecule has 0 bridgehead atoms. The van der Waals surface area contributed by atoms with E-state index in [9.17, 15) is 9.18 Å². The molecule has 2 rings (SSSR count). The van der Waals surface area contributed by atoms with E-state index in [1.54, 1.807) is 18.2 Å². The van der Waals surface area contributed by atoms with Crippen molar-refractivity contribution in [1.29, 1.82) is 0 Å². The van der Waals surface area contributed by atoms with Crippen LogP contribution in [0.25, 0.3) is 11.1 Å². The van der Waals surface area contributed by atoms with Crippen LogP contribution in [-0.2, 0) is 0 Å². The van der Waals surface area contributed by atoms with E-state index in [4.69, 9.17) is 0 Å². The molecule has 0 aromatic heterocycles. The monoisotopic (exact) mass is 214 g/mol. The summed E-state index contributed by atoms with van der Waals surface area (Å²) in [4.78, 5) is 10.8. The molecule has 0 aliphatic heterocycles. The first-order valence-electron chi connectivity index (χ1n) is 5.03. The molecule has 0 radical (unpaired) electrons. The average molecular weight is 214 g/mol. The summed E-state index contributed by atoms with van der Waals surface area (Å²) in [5.74, 6) is -0.257. The smallest absolute Gasteiger partial charge is 0.150 e. The maximum absolute atomic E-state index is 12.8. The van der Waals surface area contributed by atoms with Crippen molar-refractivity contribution in [2.24, 2.45) is 0 Å². The molecule has 0 atom stereocenters. The summed E-state index contributed by atoms with van der Waals surface area (Å²) in [5, 5.41) is 0. The second-order valence-corrected chi connectivity index (χ2v) is 3.64. The molecule has 0 N–H and O–H groups in total. The van der Waals surface area contributed by atoms with Crippen molar-refractivity contribution in [3.05, 3.63) is 59.4 Å². The minimum atomic E-state index is -0.257. The van der Waals surface area contributed by atoms with E-state index in [1.807, 2.05) is 19.1 Å². The molecule has 0 heterocycles. The maximum atomic E-state index is 12.8.